The van der Waals surface area contributed by atoms with E-state index in [0.717, 1.165) is 31.6 Å². The Morgan fingerprint density at radius 2 is 1.61 bits per heavy atom. The number of hydrogen-bond acceptors (Lipinski definition) is 5. The summed E-state index contributed by atoms with van der Waals surface area (Å²) in [5.74, 6) is -2.26. The summed E-state index contributed by atoms with van der Waals surface area (Å²) in [6.45, 7) is 3.93. The van der Waals surface area contributed by atoms with Gasteiger partial charge >= 0.3 is 17.8 Å². The van der Waals surface area contributed by atoms with E-state index in [2.05, 4.69) is 0 Å². The summed E-state index contributed by atoms with van der Waals surface area (Å²) in [6, 6.07) is 13.9. The van der Waals surface area contributed by atoms with Crippen LogP contribution in [0, 0.1) is 13.8 Å². The van der Waals surface area contributed by atoms with E-state index < -0.39 is 24.4 Å². The van der Waals surface area contributed by atoms with Crippen LogP contribution in [0.1, 0.15) is 32.2 Å². The average Bonchev–Trinajstić information content (AvgIpc) is 3.43. The molecule has 0 aliphatic carbocycles. The second-order valence-corrected chi connectivity index (χ2v) is 8.46. The molecule has 0 atom stereocenters. The lowest BCUT2D eigenvalue weighted by molar-refractivity contribution is -0.143. The molecule has 1 fully saturated rings. The lowest BCUT2D eigenvalue weighted by Gasteiger charge is -2.15. The third-order valence-electron chi connectivity index (χ3n) is 5.39. The number of hydrogen-bond donors (Lipinski definition) is 0. The molecule has 31 heavy (non-hydrogen) atoms. The first-order valence-electron chi connectivity index (χ1n) is 9.80. The van der Waals surface area contributed by atoms with Crippen molar-refractivity contribution >= 4 is 35.0 Å². The van der Waals surface area contributed by atoms with E-state index in [0.29, 0.717) is 12.1 Å². The summed E-state index contributed by atoms with van der Waals surface area (Å²) < 4.78 is 2.03. The van der Waals surface area contributed by atoms with Crippen molar-refractivity contribution in [1.82, 2.24) is 14.4 Å². The van der Waals surface area contributed by atoms with E-state index >= 15 is 0 Å². The van der Waals surface area contributed by atoms with Crippen molar-refractivity contribution in [3.63, 3.8) is 0 Å². The van der Waals surface area contributed by atoms with Gasteiger partial charge in [0.1, 0.15) is 0 Å². The Bertz CT molecular complexity index is 1170. The number of ketones is 1. The van der Waals surface area contributed by atoms with Crippen molar-refractivity contribution in [2.24, 2.45) is 0 Å². The van der Waals surface area contributed by atoms with Crippen molar-refractivity contribution < 1.29 is 19.2 Å². The fourth-order valence-corrected chi connectivity index (χ4v) is 4.40. The molecule has 158 valence electrons. The maximum atomic E-state index is 13.0. The van der Waals surface area contributed by atoms with Crippen LogP contribution in [-0.4, -0.2) is 44.5 Å². The number of carbonyl (C=O) groups excluding carboxylic acids is 4. The Kier molecular flexibility index (Phi) is 5.56. The van der Waals surface area contributed by atoms with Crippen molar-refractivity contribution in [3.8, 4) is 0 Å². The smallest absolute Gasteiger partial charge is 0.334 e. The standard InChI is InChI=1S/C23H21N3O4S/c1-15-11-19(16(2)24(15)13-18-9-6-10-31-18)20(27)14-26-22(29)21(28)25(23(26)30)12-17-7-4-3-5-8-17/h3-11H,12-14H2,1-2H3. The number of aryl methyl sites for hydroxylation is 1. The molecule has 3 aromatic rings. The fourth-order valence-electron chi connectivity index (χ4n) is 3.71. The lowest BCUT2D eigenvalue weighted by Crippen LogP contribution is -2.37. The first kappa shape index (κ1) is 20.7. The molecule has 1 aliphatic rings. The fraction of sp³-hybridized carbons (Fsp3) is 0.217. The highest BCUT2D eigenvalue weighted by Crippen LogP contribution is 2.22. The van der Waals surface area contributed by atoms with E-state index in [1.165, 1.54) is 0 Å². The van der Waals surface area contributed by atoms with Crippen LogP contribution in [0.4, 0.5) is 4.79 Å². The molecule has 0 spiro atoms. The van der Waals surface area contributed by atoms with Crippen LogP contribution in [0.2, 0.25) is 0 Å². The second kappa shape index (κ2) is 8.31. The van der Waals surface area contributed by atoms with Crippen LogP contribution in [-0.2, 0) is 22.7 Å². The molecule has 8 heteroatoms. The summed E-state index contributed by atoms with van der Waals surface area (Å²) in [7, 11) is 0. The van der Waals surface area contributed by atoms with Gasteiger partial charge in [0.05, 0.1) is 19.6 Å². The maximum absolute atomic E-state index is 13.0. The molecule has 4 amide bonds. The van der Waals surface area contributed by atoms with Crippen LogP contribution in [0.25, 0.3) is 0 Å². The van der Waals surface area contributed by atoms with Crippen LogP contribution in [0.3, 0.4) is 0 Å². The molecule has 0 bridgehead atoms. The molecule has 2 aromatic heterocycles. The molecule has 3 heterocycles. The van der Waals surface area contributed by atoms with Crippen LogP contribution in [0.5, 0.6) is 0 Å². The topological polar surface area (TPSA) is 79.7 Å². The maximum Gasteiger partial charge on any atom is 0.334 e. The number of imide groups is 2. The largest absolute Gasteiger partial charge is 0.343 e. The van der Waals surface area contributed by atoms with Gasteiger partial charge in [-0.1, -0.05) is 36.4 Å². The number of carbonyl (C=O) groups is 4. The summed E-state index contributed by atoms with van der Waals surface area (Å²) >= 11 is 1.63. The highest BCUT2D eigenvalue weighted by Gasteiger charge is 2.45. The number of rotatable bonds is 7. The zero-order chi connectivity index (χ0) is 22.1. The van der Waals surface area contributed by atoms with Gasteiger partial charge in [-0.2, -0.15) is 0 Å². The number of benzene rings is 1. The summed E-state index contributed by atoms with van der Waals surface area (Å²) in [5.41, 5.74) is 2.85. The molecular formula is C23H21N3O4S. The molecular weight excluding hydrogens is 414 g/mol. The lowest BCUT2D eigenvalue weighted by atomic mass is 10.1. The molecule has 1 saturated heterocycles. The average molecular weight is 436 g/mol. The van der Waals surface area contributed by atoms with Crippen LogP contribution in [0.15, 0.2) is 53.9 Å². The molecule has 4 rings (SSSR count). The van der Waals surface area contributed by atoms with E-state index in [1.54, 1.807) is 41.7 Å². The summed E-state index contributed by atoms with van der Waals surface area (Å²) in [4.78, 5) is 53.2. The predicted octanol–water partition coefficient (Wildman–Crippen LogP) is 3.39. The van der Waals surface area contributed by atoms with Gasteiger partial charge in [-0.15, -0.1) is 11.3 Å². The number of Topliss-reactive ketones (excluding diaryl/α,β-unsaturated/α-hetero) is 1. The number of thiophene rings is 1. The van der Waals surface area contributed by atoms with E-state index in [4.69, 9.17) is 0 Å². The Morgan fingerprint density at radius 1 is 0.903 bits per heavy atom. The first-order chi connectivity index (χ1) is 14.9. The molecule has 1 aromatic carbocycles. The number of aromatic nitrogens is 1. The first-order valence-corrected chi connectivity index (χ1v) is 10.7. The normalized spacial score (nSPS) is 14.1. The minimum absolute atomic E-state index is 0.00966. The van der Waals surface area contributed by atoms with Crippen LogP contribution >= 0.6 is 11.3 Å². The van der Waals surface area contributed by atoms with E-state index in [1.807, 2.05) is 42.0 Å². The van der Waals surface area contributed by atoms with Crippen molar-refractivity contribution in [2.75, 3.05) is 6.54 Å². The Morgan fingerprint density at radius 3 is 2.29 bits per heavy atom. The van der Waals surface area contributed by atoms with Gasteiger partial charge in [0.15, 0.2) is 5.78 Å². The zero-order valence-corrected chi connectivity index (χ0v) is 18.0. The quantitative estimate of drug-likeness (QED) is 0.324. The van der Waals surface area contributed by atoms with Crippen molar-refractivity contribution in [1.29, 1.82) is 0 Å². The highest BCUT2D eigenvalue weighted by atomic mass is 32.1. The summed E-state index contributed by atoms with van der Waals surface area (Å²) in [5, 5.41) is 2.00. The predicted molar refractivity (Wildman–Crippen MR) is 116 cm³/mol. The van der Waals surface area contributed by atoms with Gasteiger partial charge in [0.25, 0.3) is 0 Å². The molecule has 7 nitrogen and oxygen atoms in total. The number of nitrogens with zero attached hydrogens (tertiary/aromatic N) is 3. The molecule has 0 unspecified atom stereocenters. The van der Waals surface area contributed by atoms with Gasteiger partial charge < -0.3 is 4.57 Å². The van der Waals surface area contributed by atoms with Crippen molar-refractivity contribution in [3.05, 3.63) is 81.3 Å². The van der Waals surface area contributed by atoms with Gasteiger partial charge in [-0.05, 0) is 36.9 Å². The minimum atomic E-state index is -0.971. The van der Waals surface area contributed by atoms with Crippen LogP contribution < -0.4 is 0 Å². The molecule has 1 aliphatic heterocycles. The molecule has 0 N–H and O–H groups in total. The van der Waals surface area contributed by atoms with E-state index in [9.17, 15) is 19.2 Å². The number of amides is 4. The Balaban J connectivity index is 1.51. The highest BCUT2D eigenvalue weighted by molar-refractivity contribution is 7.09. The summed E-state index contributed by atoms with van der Waals surface area (Å²) in [6.07, 6.45) is 0. The van der Waals surface area contributed by atoms with Gasteiger partial charge in [0, 0.05) is 21.8 Å². The Hall–Kier alpha value is -3.52. The van der Waals surface area contributed by atoms with E-state index in [-0.39, 0.29) is 12.3 Å². The molecule has 0 radical (unpaired) electrons. The van der Waals surface area contributed by atoms with Gasteiger partial charge in [0.2, 0.25) is 0 Å². The van der Waals surface area contributed by atoms with Gasteiger partial charge in [-0.3, -0.25) is 19.3 Å². The van der Waals surface area contributed by atoms with Gasteiger partial charge in [-0.25, -0.2) is 9.69 Å². The Labute approximate surface area is 183 Å². The minimum Gasteiger partial charge on any atom is -0.343 e. The van der Waals surface area contributed by atoms with Crippen molar-refractivity contribution in [2.45, 2.75) is 26.9 Å². The molecule has 0 saturated carbocycles. The third-order valence-corrected chi connectivity index (χ3v) is 6.25. The SMILES string of the molecule is Cc1cc(C(=O)CN2C(=O)C(=O)N(Cc3ccccc3)C2=O)c(C)n1Cc1cccs1. The third kappa shape index (κ3) is 3.94. The zero-order valence-electron chi connectivity index (χ0n) is 17.2. The number of urea groups is 1. The second-order valence-electron chi connectivity index (χ2n) is 7.42. The monoisotopic (exact) mass is 435 g/mol.